The van der Waals surface area contributed by atoms with E-state index < -0.39 is 11.1 Å². The summed E-state index contributed by atoms with van der Waals surface area (Å²) in [6.07, 6.45) is -0.614. The number of rotatable bonds is 4. The molecule has 1 aliphatic carbocycles. The largest absolute Gasteiger partial charge is 0.425 e. The van der Waals surface area contributed by atoms with E-state index in [0.717, 1.165) is 24.4 Å². The minimum atomic E-state index is -4.24. The maximum atomic E-state index is 12.6. The zero-order chi connectivity index (χ0) is 14.3. The summed E-state index contributed by atoms with van der Waals surface area (Å²) in [5.41, 5.74) is 0.712. The van der Waals surface area contributed by atoms with E-state index in [2.05, 4.69) is 5.32 Å². The highest BCUT2D eigenvalue weighted by Gasteiger charge is 2.41. The lowest BCUT2D eigenvalue weighted by molar-refractivity contribution is -0.134. The van der Waals surface area contributed by atoms with Gasteiger partial charge in [0.1, 0.15) is 4.88 Å². The third-order valence-corrected chi connectivity index (χ3v) is 5.08. The summed E-state index contributed by atoms with van der Waals surface area (Å²) in [5.74, 6) is 0.649. The molecule has 0 bridgehead atoms. The molecule has 0 amide bonds. The minimum absolute atomic E-state index is 0.0738. The molecule has 1 unspecified atom stereocenters. The Morgan fingerprint density at radius 3 is 2.70 bits per heavy atom. The molecule has 1 saturated carbocycles. The number of thiophene rings is 1. The normalized spacial score (nSPS) is 28.8. The Labute approximate surface area is 120 Å². The van der Waals surface area contributed by atoms with E-state index >= 15 is 0 Å². The Balaban J connectivity index is 1.63. The number of hydrogen-bond acceptors (Lipinski definition) is 3. The molecule has 1 aliphatic heterocycles. The fraction of sp³-hybridized carbons (Fsp3) is 0.714. The van der Waals surface area contributed by atoms with Gasteiger partial charge in [0.05, 0.1) is 6.10 Å². The topological polar surface area (TPSA) is 21.3 Å². The first-order valence-corrected chi connectivity index (χ1v) is 7.86. The first-order valence-electron chi connectivity index (χ1n) is 6.98. The minimum Gasteiger partial charge on any atom is -0.376 e. The zero-order valence-electron chi connectivity index (χ0n) is 11.2. The average molecular weight is 305 g/mol. The second-order valence-corrected chi connectivity index (χ2v) is 6.61. The van der Waals surface area contributed by atoms with Crippen LogP contribution in [0.3, 0.4) is 0 Å². The van der Waals surface area contributed by atoms with Crippen LogP contribution in [0, 0.1) is 5.92 Å². The molecule has 1 aromatic rings. The van der Waals surface area contributed by atoms with E-state index in [-0.39, 0.29) is 18.2 Å². The molecular weight excluding hydrogens is 287 g/mol. The van der Waals surface area contributed by atoms with Crippen LogP contribution in [0.25, 0.3) is 0 Å². The van der Waals surface area contributed by atoms with Crippen LogP contribution in [0.15, 0.2) is 11.4 Å². The zero-order valence-corrected chi connectivity index (χ0v) is 12.1. The van der Waals surface area contributed by atoms with Gasteiger partial charge in [0, 0.05) is 18.7 Å². The van der Waals surface area contributed by atoms with Crippen molar-refractivity contribution < 1.29 is 17.9 Å². The van der Waals surface area contributed by atoms with E-state index in [4.69, 9.17) is 4.74 Å². The third kappa shape index (κ3) is 3.02. The molecule has 3 rings (SSSR count). The Morgan fingerprint density at radius 2 is 2.10 bits per heavy atom. The molecule has 0 radical (unpaired) electrons. The van der Waals surface area contributed by atoms with Crippen LogP contribution in [0.2, 0.25) is 0 Å². The van der Waals surface area contributed by atoms with Gasteiger partial charge in [-0.1, -0.05) is 0 Å². The van der Waals surface area contributed by atoms with Gasteiger partial charge < -0.3 is 10.1 Å². The fourth-order valence-corrected chi connectivity index (χ4v) is 3.70. The van der Waals surface area contributed by atoms with Crippen LogP contribution in [-0.4, -0.2) is 18.8 Å². The SMILES string of the molecule is CC(N[C@@H]1CCO[C@H]1C1CC1)c1csc(C(F)(F)F)c1. The van der Waals surface area contributed by atoms with Gasteiger partial charge in [-0.2, -0.15) is 13.2 Å². The molecule has 20 heavy (non-hydrogen) atoms. The van der Waals surface area contributed by atoms with Crippen LogP contribution < -0.4 is 5.32 Å². The maximum Gasteiger partial charge on any atom is 0.425 e. The smallest absolute Gasteiger partial charge is 0.376 e. The molecule has 2 aliphatic rings. The molecule has 1 saturated heterocycles. The molecule has 112 valence electrons. The van der Waals surface area contributed by atoms with Gasteiger partial charge in [-0.3, -0.25) is 0 Å². The number of ether oxygens (including phenoxy) is 1. The van der Waals surface area contributed by atoms with E-state index in [1.165, 1.54) is 18.9 Å². The molecule has 1 N–H and O–H groups in total. The Bertz CT molecular complexity index is 469. The van der Waals surface area contributed by atoms with Crippen LogP contribution in [0.1, 0.15) is 42.7 Å². The summed E-state index contributed by atoms with van der Waals surface area (Å²) in [4.78, 5) is -0.525. The lowest BCUT2D eigenvalue weighted by Gasteiger charge is -2.23. The summed E-state index contributed by atoms with van der Waals surface area (Å²) >= 11 is 0.766. The number of halogens is 3. The molecule has 2 nitrogen and oxygen atoms in total. The van der Waals surface area contributed by atoms with Crippen molar-refractivity contribution in [2.75, 3.05) is 6.61 Å². The Kier molecular flexibility index (Phi) is 3.81. The van der Waals surface area contributed by atoms with E-state index in [1.54, 1.807) is 5.38 Å². The van der Waals surface area contributed by atoms with Crippen LogP contribution >= 0.6 is 11.3 Å². The van der Waals surface area contributed by atoms with Gasteiger partial charge in [-0.15, -0.1) is 11.3 Å². The van der Waals surface area contributed by atoms with E-state index in [9.17, 15) is 13.2 Å². The molecule has 2 fully saturated rings. The van der Waals surface area contributed by atoms with Crippen molar-refractivity contribution in [1.82, 2.24) is 5.32 Å². The molecule has 0 aromatic carbocycles. The van der Waals surface area contributed by atoms with Crippen molar-refractivity contribution in [2.45, 2.75) is 50.6 Å². The molecule has 2 heterocycles. The third-order valence-electron chi connectivity index (χ3n) is 4.09. The lowest BCUT2D eigenvalue weighted by Crippen LogP contribution is -2.39. The quantitative estimate of drug-likeness (QED) is 0.908. The van der Waals surface area contributed by atoms with Gasteiger partial charge in [0.15, 0.2) is 0 Å². The second kappa shape index (κ2) is 5.31. The predicted octanol–water partition coefficient (Wildman–Crippen LogP) is 3.99. The van der Waals surface area contributed by atoms with Crippen LogP contribution in [-0.2, 0) is 10.9 Å². The summed E-state index contributed by atoms with van der Waals surface area (Å²) < 4.78 is 43.6. The molecular formula is C14H18F3NOS. The van der Waals surface area contributed by atoms with Gasteiger partial charge in [0.2, 0.25) is 0 Å². The molecule has 6 heteroatoms. The first-order chi connectivity index (χ1) is 9.45. The summed E-state index contributed by atoms with van der Waals surface area (Å²) in [7, 11) is 0. The van der Waals surface area contributed by atoms with Crippen LogP contribution in [0.4, 0.5) is 13.2 Å². The van der Waals surface area contributed by atoms with E-state index in [1.807, 2.05) is 6.92 Å². The van der Waals surface area contributed by atoms with Crippen molar-refractivity contribution in [3.63, 3.8) is 0 Å². The maximum absolute atomic E-state index is 12.6. The van der Waals surface area contributed by atoms with Gasteiger partial charge in [-0.25, -0.2) is 0 Å². The number of nitrogens with one attached hydrogen (secondary N) is 1. The summed E-state index contributed by atoms with van der Waals surface area (Å²) in [6.45, 7) is 2.67. The Morgan fingerprint density at radius 1 is 1.35 bits per heavy atom. The predicted molar refractivity (Wildman–Crippen MR) is 71.7 cm³/mol. The average Bonchev–Trinajstić information content (AvgIpc) is 2.91. The monoisotopic (exact) mass is 305 g/mol. The lowest BCUT2D eigenvalue weighted by atomic mass is 10.0. The van der Waals surface area contributed by atoms with Gasteiger partial charge in [-0.05, 0) is 49.1 Å². The van der Waals surface area contributed by atoms with Crippen LogP contribution in [0.5, 0.6) is 0 Å². The van der Waals surface area contributed by atoms with Crippen molar-refractivity contribution in [2.24, 2.45) is 5.92 Å². The second-order valence-electron chi connectivity index (χ2n) is 5.70. The Hall–Kier alpha value is -0.590. The first kappa shape index (κ1) is 14.4. The molecule has 1 aromatic heterocycles. The van der Waals surface area contributed by atoms with Crippen molar-refractivity contribution >= 4 is 11.3 Å². The fourth-order valence-electron chi connectivity index (χ4n) is 2.82. The van der Waals surface area contributed by atoms with Gasteiger partial charge in [0.25, 0.3) is 0 Å². The van der Waals surface area contributed by atoms with Crippen molar-refractivity contribution in [3.05, 3.63) is 21.9 Å². The summed E-state index contributed by atoms with van der Waals surface area (Å²) in [6, 6.07) is 1.45. The molecule has 0 spiro atoms. The number of hydrogen-bond donors (Lipinski definition) is 1. The molecule has 3 atom stereocenters. The van der Waals surface area contributed by atoms with E-state index in [0.29, 0.717) is 11.5 Å². The standard InChI is InChI=1S/C14H18F3NOS/c1-8(10-6-12(20-7-10)14(15,16)17)18-11-4-5-19-13(11)9-2-3-9/h6-9,11,13,18H,2-5H2,1H3/t8?,11-,13+/m1/s1. The van der Waals surface area contributed by atoms with Gasteiger partial charge >= 0.3 is 6.18 Å². The number of alkyl halides is 3. The van der Waals surface area contributed by atoms with Crippen molar-refractivity contribution in [3.8, 4) is 0 Å². The highest BCUT2D eigenvalue weighted by molar-refractivity contribution is 7.10. The highest BCUT2D eigenvalue weighted by atomic mass is 32.1. The van der Waals surface area contributed by atoms with Crippen molar-refractivity contribution in [1.29, 1.82) is 0 Å². The highest BCUT2D eigenvalue weighted by Crippen LogP contribution is 2.40. The summed E-state index contributed by atoms with van der Waals surface area (Å²) in [5, 5.41) is 5.05.